The Morgan fingerprint density at radius 3 is 2.84 bits per heavy atom. The lowest BCUT2D eigenvalue weighted by Crippen LogP contribution is -2.41. The van der Waals surface area contributed by atoms with Crippen molar-refractivity contribution in [2.75, 3.05) is 6.54 Å². The summed E-state index contributed by atoms with van der Waals surface area (Å²) in [6.07, 6.45) is 1.95. The van der Waals surface area contributed by atoms with Gasteiger partial charge in [0.2, 0.25) is 5.91 Å². The molecule has 0 saturated heterocycles. The van der Waals surface area contributed by atoms with Crippen LogP contribution in [-0.2, 0) is 10.4 Å². The topological polar surface area (TPSA) is 49.3 Å². The molecule has 1 atom stereocenters. The molecule has 0 bridgehead atoms. The molecule has 0 spiro atoms. The highest BCUT2D eigenvalue weighted by molar-refractivity contribution is 7.10. The molecule has 100 valence electrons. The van der Waals surface area contributed by atoms with Crippen molar-refractivity contribution in [2.45, 2.75) is 18.4 Å². The van der Waals surface area contributed by atoms with Gasteiger partial charge in [0, 0.05) is 16.4 Å². The average Bonchev–Trinajstić information content (AvgIpc) is 2.93. The maximum atomic E-state index is 11.8. The van der Waals surface area contributed by atoms with Gasteiger partial charge in [-0.15, -0.1) is 11.3 Å². The van der Waals surface area contributed by atoms with Gasteiger partial charge in [0.1, 0.15) is 5.60 Å². The largest absolute Gasteiger partial charge is 0.378 e. The molecule has 0 unspecified atom stereocenters. The summed E-state index contributed by atoms with van der Waals surface area (Å²) in [6.45, 7) is 0.236. The van der Waals surface area contributed by atoms with Crippen molar-refractivity contribution in [3.05, 3.63) is 44.8 Å². The Labute approximate surface area is 119 Å². The van der Waals surface area contributed by atoms with E-state index in [9.17, 15) is 9.90 Å². The molecule has 5 heteroatoms. The van der Waals surface area contributed by atoms with Gasteiger partial charge in [-0.05, 0) is 41.1 Å². The third kappa shape index (κ3) is 2.59. The van der Waals surface area contributed by atoms with Crippen molar-refractivity contribution in [3.63, 3.8) is 0 Å². The molecule has 3 nitrogen and oxygen atoms in total. The average molecular weight is 293 g/mol. The summed E-state index contributed by atoms with van der Waals surface area (Å²) in [6, 6.07) is 5.74. The van der Waals surface area contributed by atoms with Gasteiger partial charge in [0.05, 0.1) is 6.54 Å². The number of thiophene rings is 2. The van der Waals surface area contributed by atoms with E-state index in [0.717, 1.165) is 23.3 Å². The molecule has 19 heavy (non-hydrogen) atoms. The van der Waals surface area contributed by atoms with E-state index in [0.29, 0.717) is 0 Å². The van der Waals surface area contributed by atoms with E-state index in [-0.39, 0.29) is 18.4 Å². The van der Waals surface area contributed by atoms with E-state index in [4.69, 9.17) is 0 Å². The van der Waals surface area contributed by atoms with Crippen LogP contribution < -0.4 is 5.32 Å². The normalized spacial score (nSPS) is 17.9. The van der Waals surface area contributed by atoms with Crippen LogP contribution in [0.1, 0.15) is 23.3 Å². The maximum absolute atomic E-state index is 11.8. The molecule has 0 radical (unpaired) electrons. The molecular formula is C14H15NO2S2. The second-order valence-electron chi connectivity index (χ2n) is 4.84. The summed E-state index contributed by atoms with van der Waals surface area (Å²) in [5.41, 5.74) is -0.269. The van der Waals surface area contributed by atoms with Gasteiger partial charge in [-0.25, -0.2) is 0 Å². The van der Waals surface area contributed by atoms with Gasteiger partial charge in [-0.3, -0.25) is 4.79 Å². The van der Waals surface area contributed by atoms with Crippen LogP contribution in [0, 0.1) is 5.92 Å². The van der Waals surface area contributed by atoms with Crippen LogP contribution in [-0.4, -0.2) is 17.6 Å². The van der Waals surface area contributed by atoms with E-state index >= 15 is 0 Å². The van der Waals surface area contributed by atoms with E-state index in [2.05, 4.69) is 5.32 Å². The molecule has 1 fully saturated rings. The molecule has 0 aromatic carbocycles. The van der Waals surface area contributed by atoms with Gasteiger partial charge in [-0.1, -0.05) is 6.07 Å². The minimum Gasteiger partial charge on any atom is -0.378 e. The Kier molecular flexibility index (Phi) is 3.43. The smallest absolute Gasteiger partial charge is 0.223 e. The standard InChI is InChI=1S/C14H15NO2S2/c16-13(10-3-4-10)15-9-14(17,11-5-7-18-8-11)12-2-1-6-19-12/h1-2,5-8,10,17H,3-4,9H2,(H,15,16)/t14-/m0/s1. The first-order valence-corrected chi connectivity index (χ1v) is 8.09. The maximum Gasteiger partial charge on any atom is 0.223 e. The molecule has 2 heterocycles. The summed E-state index contributed by atoms with van der Waals surface area (Å²) >= 11 is 3.06. The predicted octanol–water partition coefficient (Wildman–Crippen LogP) is 2.57. The van der Waals surface area contributed by atoms with Crippen LogP contribution in [0.3, 0.4) is 0 Å². The van der Waals surface area contributed by atoms with E-state index in [1.807, 2.05) is 34.3 Å². The number of hydrogen-bond acceptors (Lipinski definition) is 4. The van der Waals surface area contributed by atoms with Crippen LogP contribution in [0.5, 0.6) is 0 Å². The molecule has 2 aromatic rings. The minimum absolute atomic E-state index is 0.0604. The number of carbonyl (C=O) groups is 1. The first-order chi connectivity index (χ1) is 9.20. The highest BCUT2D eigenvalue weighted by atomic mass is 32.1. The fourth-order valence-corrected chi connectivity index (χ4v) is 3.62. The van der Waals surface area contributed by atoms with Crippen molar-refractivity contribution in [3.8, 4) is 0 Å². The minimum atomic E-state index is -1.11. The Morgan fingerprint density at radius 2 is 2.26 bits per heavy atom. The second kappa shape index (κ2) is 5.07. The quantitative estimate of drug-likeness (QED) is 0.890. The Bertz CT molecular complexity index is 510. The fourth-order valence-electron chi connectivity index (χ4n) is 2.05. The SMILES string of the molecule is O=C(NC[C@](O)(c1ccsc1)c1cccs1)C1CC1. The van der Waals surface area contributed by atoms with Crippen molar-refractivity contribution in [2.24, 2.45) is 5.92 Å². The van der Waals surface area contributed by atoms with Crippen LogP contribution >= 0.6 is 22.7 Å². The summed E-state index contributed by atoms with van der Waals surface area (Å²) < 4.78 is 0. The zero-order chi connectivity index (χ0) is 13.3. The Morgan fingerprint density at radius 1 is 1.42 bits per heavy atom. The summed E-state index contributed by atoms with van der Waals surface area (Å²) in [5, 5.41) is 19.7. The summed E-state index contributed by atoms with van der Waals surface area (Å²) in [5.74, 6) is 0.222. The zero-order valence-electron chi connectivity index (χ0n) is 10.3. The molecule has 2 N–H and O–H groups in total. The van der Waals surface area contributed by atoms with Crippen LogP contribution in [0.25, 0.3) is 0 Å². The van der Waals surface area contributed by atoms with Crippen molar-refractivity contribution in [1.29, 1.82) is 0 Å². The van der Waals surface area contributed by atoms with E-state index < -0.39 is 5.60 Å². The van der Waals surface area contributed by atoms with Crippen LogP contribution in [0.15, 0.2) is 34.3 Å². The third-order valence-electron chi connectivity index (χ3n) is 3.39. The second-order valence-corrected chi connectivity index (χ2v) is 6.57. The number of carbonyl (C=O) groups excluding carboxylic acids is 1. The first-order valence-electron chi connectivity index (χ1n) is 6.27. The molecular weight excluding hydrogens is 278 g/mol. The lowest BCUT2D eigenvalue weighted by atomic mass is 9.94. The van der Waals surface area contributed by atoms with Crippen LogP contribution in [0.4, 0.5) is 0 Å². The third-order valence-corrected chi connectivity index (χ3v) is 5.10. The highest BCUT2D eigenvalue weighted by Crippen LogP contribution is 2.34. The summed E-state index contributed by atoms with van der Waals surface area (Å²) in [7, 11) is 0. The lowest BCUT2D eigenvalue weighted by molar-refractivity contribution is -0.123. The van der Waals surface area contributed by atoms with Crippen molar-refractivity contribution >= 4 is 28.6 Å². The molecule has 3 rings (SSSR count). The number of nitrogens with one attached hydrogen (secondary N) is 1. The molecule has 1 amide bonds. The van der Waals surface area contributed by atoms with Gasteiger partial charge < -0.3 is 10.4 Å². The summed E-state index contributed by atoms with van der Waals surface area (Å²) in [4.78, 5) is 12.6. The zero-order valence-corrected chi connectivity index (χ0v) is 12.0. The lowest BCUT2D eigenvalue weighted by Gasteiger charge is -2.27. The predicted molar refractivity (Wildman–Crippen MR) is 77.4 cm³/mol. The van der Waals surface area contributed by atoms with E-state index in [1.54, 1.807) is 11.3 Å². The molecule has 2 aromatic heterocycles. The van der Waals surface area contributed by atoms with Crippen molar-refractivity contribution < 1.29 is 9.90 Å². The van der Waals surface area contributed by atoms with Crippen LogP contribution in [0.2, 0.25) is 0 Å². The first kappa shape index (κ1) is 12.8. The fraction of sp³-hybridized carbons (Fsp3) is 0.357. The molecule has 0 aliphatic heterocycles. The van der Waals surface area contributed by atoms with Gasteiger partial charge in [0.15, 0.2) is 0 Å². The van der Waals surface area contributed by atoms with Gasteiger partial charge in [0.25, 0.3) is 0 Å². The highest BCUT2D eigenvalue weighted by Gasteiger charge is 2.36. The number of hydrogen-bond donors (Lipinski definition) is 2. The number of amides is 1. The van der Waals surface area contributed by atoms with E-state index in [1.165, 1.54) is 11.3 Å². The molecule has 1 aliphatic rings. The Balaban J connectivity index is 1.82. The monoisotopic (exact) mass is 293 g/mol. The number of aliphatic hydroxyl groups is 1. The molecule has 1 aliphatic carbocycles. The van der Waals surface area contributed by atoms with Crippen molar-refractivity contribution in [1.82, 2.24) is 5.32 Å². The van der Waals surface area contributed by atoms with Gasteiger partial charge in [-0.2, -0.15) is 11.3 Å². The Hall–Kier alpha value is -1.17. The molecule has 1 saturated carbocycles. The number of rotatable bonds is 5. The van der Waals surface area contributed by atoms with Gasteiger partial charge >= 0.3 is 0 Å².